The molecular weight excluding hydrogens is 242 g/mol. The Morgan fingerprint density at radius 3 is 2.61 bits per heavy atom. The maximum absolute atomic E-state index is 6.12. The Bertz CT molecular complexity index is 487. The van der Waals surface area contributed by atoms with Crippen molar-refractivity contribution >= 4 is 17.6 Å². The summed E-state index contributed by atoms with van der Waals surface area (Å²) in [6.45, 7) is 0. The Kier molecular flexibility index (Phi) is 4.61. The fraction of sp³-hybridized carbons (Fsp3) is 0.214. The number of thioether (sulfide) groups is 1. The summed E-state index contributed by atoms with van der Waals surface area (Å²) in [5, 5.41) is 0. The standard InChI is InChI=1S/C14H17N3S/c15-12(9-11-5-4-8-17-14(11)16)10-18-13-6-2-1-3-7-13/h1-8,12H,9-10,15H2,(H2,16,17). The van der Waals surface area contributed by atoms with Gasteiger partial charge in [-0.3, -0.25) is 0 Å². The van der Waals surface area contributed by atoms with Crippen LogP contribution in [0.3, 0.4) is 0 Å². The summed E-state index contributed by atoms with van der Waals surface area (Å²) in [5.41, 5.74) is 12.9. The predicted molar refractivity (Wildman–Crippen MR) is 77.5 cm³/mol. The molecule has 0 amide bonds. The quantitative estimate of drug-likeness (QED) is 0.809. The van der Waals surface area contributed by atoms with E-state index in [0.717, 1.165) is 17.7 Å². The van der Waals surface area contributed by atoms with Crippen LogP contribution in [0.4, 0.5) is 5.82 Å². The van der Waals surface area contributed by atoms with Crippen LogP contribution in [0.5, 0.6) is 0 Å². The van der Waals surface area contributed by atoms with Gasteiger partial charge in [0.25, 0.3) is 0 Å². The topological polar surface area (TPSA) is 64.9 Å². The molecule has 1 aromatic heterocycles. The monoisotopic (exact) mass is 259 g/mol. The van der Waals surface area contributed by atoms with Crippen molar-refractivity contribution in [2.24, 2.45) is 5.73 Å². The fourth-order valence-corrected chi connectivity index (χ4v) is 2.56. The fourth-order valence-electron chi connectivity index (χ4n) is 1.68. The number of nitrogen functional groups attached to an aromatic ring is 1. The van der Waals surface area contributed by atoms with E-state index in [1.165, 1.54) is 4.90 Å². The summed E-state index contributed by atoms with van der Waals surface area (Å²) in [6, 6.07) is 14.2. The first-order valence-corrected chi connectivity index (χ1v) is 6.87. The molecule has 18 heavy (non-hydrogen) atoms. The second kappa shape index (κ2) is 6.42. The molecule has 4 heteroatoms. The third-order valence-corrected chi connectivity index (χ3v) is 3.82. The number of hydrogen-bond donors (Lipinski definition) is 2. The Labute approximate surface area is 112 Å². The van der Waals surface area contributed by atoms with Crippen molar-refractivity contribution in [2.45, 2.75) is 17.4 Å². The molecule has 1 heterocycles. The molecule has 4 N–H and O–H groups in total. The highest BCUT2D eigenvalue weighted by molar-refractivity contribution is 7.99. The molecule has 1 unspecified atom stereocenters. The number of benzene rings is 1. The number of pyridine rings is 1. The third kappa shape index (κ3) is 3.75. The van der Waals surface area contributed by atoms with Gasteiger partial charge in [0.05, 0.1) is 0 Å². The molecular formula is C14H17N3S. The minimum absolute atomic E-state index is 0.0849. The lowest BCUT2D eigenvalue weighted by molar-refractivity contribution is 0.748. The van der Waals surface area contributed by atoms with E-state index in [0.29, 0.717) is 5.82 Å². The maximum atomic E-state index is 6.12. The smallest absolute Gasteiger partial charge is 0.126 e. The SMILES string of the molecule is Nc1ncccc1CC(N)CSc1ccccc1. The summed E-state index contributed by atoms with van der Waals surface area (Å²) in [7, 11) is 0. The van der Waals surface area contributed by atoms with E-state index in [1.54, 1.807) is 18.0 Å². The summed E-state index contributed by atoms with van der Waals surface area (Å²) in [4.78, 5) is 5.31. The van der Waals surface area contributed by atoms with Gasteiger partial charge in [0.15, 0.2) is 0 Å². The van der Waals surface area contributed by atoms with Crippen molar-refractivity contribution in [1.29, 1.82) is 0 Å². The van der Waals surface area contributed by atoms with Crippen LogP contribution in [0.1, 0.15) is 5.56 Å². The first-order valence-electron chi connectivity index (χ1n) is 5.88. The molecule has 1 aromatic carbocycles. The van der Waals surface area contributed by atoms with Crippen LogP contribution in [0.15, 0.2) is 53.6 Å². The summed E-state index contributed by atoms with van der Waals surface area (Å²) in [5.74, 6) is 1.45. The molecule has 0 saturated carbocycles. The van der Waals surface area contributed by atoms with Gasteiger partial charge in [-0.1, -0.05) is 24.3 Å². The van der Waals surface area contributed by atoms with E-state index >= 15 is 0 Å². The molecule has 0 radical (unpaired) electrons. The van der Waals surface area contributed by atoms with Gasteiger partial charge < -0.3 is 11.5 Å². The van der Waals surface area contributed by atoms with Gasteiger partial charge in [0.1, 0.15) is 5.82 Å². The zero-order valence-electron chi connectivity index (χ0n) is 10.1. The lowest BCUT2D eigenvalue weighted by Crippen LogP contribution is -2.26. The van der Waals surface area contributed by atoms with Crippen LogP contribution in [-0.2, 0) is 6.42 Å². The van der Waals surface area contributed by atoms with E-state index in [9.17, 15) is 0 Å². The Morgan fingerprint density at radius 1 is 1.11 bits per heavy atom. The van der Waals surface area contributed by atoms with Crippen molar-refractivity contribution in [2.75, 3.05) is 11.5 Å². The van der Waals surface area contributed by atoms with Gasteiger partial charge in [-0.2, -0.15) is 0 Å². The molecule has 0 aliphatic heterocycles. The Balaban J connectivity index is 1.86. The number of nitrogens with zero attached hydrogens (tertiary/aromatic N) is 1. The van der Waals surface area contributed by atoms with Crippen LogP contribution in [0.25, 0.3) is 0 Å². The molecule has 0 spiro atoms. The van der Waals surface area contributed by atoms with E-state index in [2.05, 4.69) is 17.1 Å². The van der Waals surface area contributed by atoms with E-state index in [1.807, 2.05) is 30.3 Å². The van der Waals surface area contributed by atoms with E-state index < -0.39 is 0 Å². The lowest BCUT2D eigenvalue weighted by atomic mass is 10.1. The van der Waals surface area contributed by atoms with Gasteiger partial charge >= 0.3 is 0 Å². The van der Waals surface area contributed by atoms with Crippen LogP contribution < -0.4 is 11.5 Å². The second-order valence-corrected chi connectivity index (χ2v) is 5.23. The zero-order valence-corrected chi connectivity index (χ0v) is 10.9. The van der Waals surface area contributed by atoms with Crippen molar-refractivity contribution < 1.29 is 0 Å². The first-order chi connectivity index (χ1) is 8.75. The molecule has 0 saturated heterocycles. The van der Waals surface area contributed by atoms with Gasteiger partial charge in [-0.15, -0.1) is 11.8 Å². The minimum Gasteiger partial charge on any atom is -0.383 e. The van der Waals surface area contributed by atoms with Gasteiger partial charge in [-0.05, 0) is 30.2 Å². The molecule has 1 atom stereocenters. The van der Waals surface area contributed by atoms with Crippen molar-refractivity contribution in [3.8, 4) is 0 Å². The number of hydrogen-bond acceptors (Lipinski definition) is 4. The highest BCUT2D eigenvalue weighted by Gasteiger charge is 2.07. The van der Waals surface area contributed by atoms with Gasteiger partial charge in [0, 0.05) is 22.9 Å². The summed E-state index contributed by atoms with van der Waals surface area (Å²) in [6.07, 6.45) is 2.46. The second-order valence-electron chi connectivity index (χ2n) is 4.14. The average molecular weight is 259 g/mol. The molecule has 3 nitrogen and oxygen atoms in total. The summed E-state index contributed by atoms with van der Waals surface area (Å²) >= 11 is 1.77. The maximum Gasteiger partial charge on any atom is 0.126 e. The van der Waals surface area contributed by atoms with E-state index in [-0.39, 0.29) is 6.04 Å². The Morgan fingerprint density at radius 2 is 1.89 bits per heavy atom. The molecule has 2 rings (SSSR count). The highest BCUT2D eigenvalue weighted by Crippen LogP contribution is 2.19. The van der Waals surface area contributed by atoms with Gasteiger partial charge in [0.2, 0.25) is 0 Å². The van der Waals surface area contributed by atoms with Gasteiger partial charge in [-0.25, -0.2) is 4.98 Å². The summed E-state index contributed by atoms with van der Waals surface area (Å²) < 4.78 is 0. The minimum atomic E-state index is 0.0849. The van der Waals surface area contributed by atoms with Crippen molar-refractivity contribution in [3.63, 3.8) is 0 Å². The van der Waals surface area contributed by atoms with Crippen LogP contribution in [0.2, 0.25) is 0 Å². The zero-order chi connectivity index (χ0) is 12.8. The molecule has 2 aromatic rings. The molecule has 0 aliphatic rings. The lowest BCUT2D eigenvalue weighted by Gasteiger charge is -2.12. The van der Waals surface area contributed by atoms with E-state index in [4.69, 9.17) is 11.5 Å². The number of aromatic nitrogens is 1. The first kappa shape index (κ1) is 12.9. The predicted octanol–water partition coefficient (Wildman–Crippen LogP) is 2.33. The molecule has 0 bridgehead atoms. The number of rotatable bonds is 5. The molecule has 0 aliphatic carbocycles. The van der Waals surface area contributed by atoms with Crippen LogP contribution >= 0.6 is 11.8 Å². The largest absolute Gasteiger partial charge is 0.383 e. The Hall–Kier alpha value is -1.52. The third-order valence-electron chi connectivity index (χ3n) is 2.62. The van der Waals surface area contributed by atoms with Crippen molar-refractivity contribution in [1.82, 2.24) is 4.98 Å². The molecule has 0 fully saturated rings. The van der Waals surface area contributed by atoms with Crippen molar-refractivity contribution in [3.05, 3.63) is 54.2 Å². The van der Waals surface area contributed by atoms with Crippen LogP contribution in [0, 0.1) is 0 Å². The number of anilines is 1. The average Bonchev–Trinajstić information content (AvgIpc) is 2.40. The number of nitrogens with two attached hydrogens (primary N) is 2. The van der Waals surface area contributed by atoms with Crippen LogP contribution in [-0.4, -0.2) is 16.8 Å². The highest BCUT2D eigenvalue weighted by atomic mass is 32.2. The normalized spacial score (nSPS) is 12.3. The molecule has 94 valence electrons.